The van der Waals surface area contributed by atoms with Crippen molar-refractivity contribution in [1.82, 2.24) is 9.97 Å². The summed E-state index contributed by atoms with van der Waals surface area (Å²) in [7, 11) is 0. The molecule has 0 spiro atoms. The highest BCUT2D eigenvalue weighted by molar-refractivity contribution is 7.13. The normalized spacial score (nSPS) is 14.3. The second-order valence-corrected chi connectivity index (χ2v) is 7.36. The summed E-state index contributed by atoms with van der Waals surface area (Å²) >= 11 is 1.42. The van der Waals surface area contributed by atoms with Crippen molar-refractivity contribution in [2.75, 3.05) is 18.0 Å². The van der Waals surface area contributed by atoms with Gasteiger partial charge in [-0.15, -0.1) is 11.3 Å². The highest BCUT2D eigenvalue weighted by Crippen LogP contribution is 2.32. The first-order valence-corrected chi connectivity index (χ1v) is 9.68. The lowest BCUT2D eigenvalue weighted by Gasteiger charge is -2.27. The zero-order chi connectivity index (χ0) is 18.8. The molecule has 1 aromatic carbocycles. The van der Waals surface area contributed by atoms with Crippen molar-refractivity contribution in [1.29, 1.82) is 0 Å². The van der Waals surface area contributed by atoms with E-state index in [4.69, 9.17) is 0 Å². The lowest BCUT2D eigenvalue weighted by molar-refractivity contribution is 0.112. The van der Waals surface area contributed by atoms with Crippen LogP contribution in [0, 0.1) is 5.82 Å². The summed E-state index contributed by atoms with van der Waals surface area (Å²) in [5.41, 5.74) is 1.80. The Balaban J connectivity index is 1.59. The number of carbonyl (C=O) groups is 1. The van der Waals surface area contributed by atoms with Crippen LogP contribution in [0.15, 0.2) is 35.8 Å². The fourth-order valence-electron chi connectivity index (χ4n) is 3.22. The molecule has 0 aliphatic carbocycles. The van der Waals surface area contributed by atoms with E-state index in [1.165, 1.54) is 42.7 Å². The average Bonchev–Trinajstić information content (AvgIpc) is 3.21. The van der Waals surface area contributed by atoms with Gasteiger partial charge >= 0.3 is 0 Å². The first kappa shape index (κ1) is 17.6. The van der Waals surface area contributed by atoms with Crippen LogP contribution in [-0.4, -0.2) is 34.5 Å². The van der Waals surface area contributed by atoms with Gasteiger partial charge in [0.2, 0.25) is 0 Å². The smallest absolute Gasteiger partial charge is 0.166 e. The molecule has 0 radical (unpaired) electrons. The van der Waals surface area contributed by atoms with Gasteiger partial charge in [-0.2, -0.15) is 0 Å². The third-order valence-corrected chi connectivity index (χ3v) is 5.59. The molecule has 7 heteroatoms. The third kappa shape index (κ3) is 3.55. The number of phenolic OH excluding ortho intramolecular Hbond substituents is 1. The average molecular weight is 383 g/mol. The number of aromatic hydroxyl groups is 1. The predicted octanol–water partition coefficient (Wildman–Crippen LogP) is 4.52. The molecule has 0 bridgehead atoms. The van der Waals surface area contributed by atoms with E-state index in [0.29, 0.717) is 17.5 Å². The minimum absolute atomic E-state index is 0.0906. The number of hydrogen-bond donors (Lipinski definition) is 1. The van der Waals surface area contributed by atoms with Gasteiger partial charge in [-0.3, -0.25) is 4.79 Å². The number of pyridine rings is 1. The van der Waals surface area contributed by atoms with Crippen LogP contribution >= 0.6 is 11.3 Å². The van der Waals surface area contributed by atoms with Gasteiger partial charge in [0, 0.05) is 35.8 Å². The van der Waals surface area contributed by atoms with E-state index >= 15 is 0 Å². The largest absolute Gasteiger partial charge is 0.504 e. The van der Waals surface area contributed by atoms with Gasteiger partial charge in [-0.25, -0.2) is 14.4 Å². The van der Waals surface area contributed by atoms with Crippen molar-refractivity contribution in [3.05, 3.63) is 47.2 Å². The number of benzene rings is 1. The number of halogens is 1. The molecule has 1 aliphatic heterocycles. The standard InChI is InChI=1S/C20H18FN3O2S/c21-16-9-14(8-15(11-25)19(16)26)17-12-27-20(23-17)13-4-5-18(22-10-13)24-6-2-1-3-7-24/h4-5,8-12,26H,1-3,6-7H2. The van der Waals surface area contributed by atoms with Crippen molar-refractivity contribution < 1.29 is 14.3 Å². The third-order valence-electron chi connectivity index (χ3n) is 4.69. The van der Waals surface area contributed by atoms with Crippen molar-refractivity contribution in [2.45, 2.75) is 19.3 Å². The molecule has 4 rings (SSSR count). The fourth-order valence-corrected chi connectivity index (χ4v) is 4.04. The van der Waals surface area contributed by atoms with E-state index < -0.39 is 11.6 Å². The van der Waals surface area contributed by atoms with E-state index in [9.17, 15) is 14.3 Å². The molecular formula is C20H18FN3O2S. The summed E-state index contributed by atoms with van der Waals surface area (Å²) in [6.07, 6.45) is 5.91. The highest BCUT2D eigenvalue weighted by atomic mass is 32.1. The first-order chi connectivity index (χ1) is 13.2. The van der Waals surface area contributed by atoms with Gasteiger partial charge in [-0.1, -0.05) is 0 Å². The predicted molar refractivity (Wildman–Crippen MR) is 104 cm³/mol. The van der Waals surface area contributed by atoms with Crippen molar-refractivity contribution in [2.24, 2.45) is 0 Å². The number of piperidine rings is 1. The summed E-state index contributed by atoms with van der Waals surface area (Å²) in [5, 5.41) is 12.1. The van der Waals surface area contributed by atoms with E-state index in [0.717, 1.165) is 29.5 Å². The van der Waals surface area contributed by atoms with Crippen LogP contribution < -0.4 is 4.90 Å². The summed E-state index contributed by atoms with van der Waals surface area (Å²) in [6, 6.07) is 6.61. The number of carbonyl (C=O) groups excluding carboxylic acids is 1. The van der Waals surface area contributed by atoms with Gasteiger partial charge in [0.05, 0.1) is 11.3 Å². The Bertz CT molecular complexity index is 966. The minimum Gasteiger partial charge on any atom is -0.504 e. The van der Waals surface area contributed by atoms with Crippen LogP contribution in [0.4, 0.5) is 10.2 Å². The molecule has 27 heavy (non-hydrogen) atoms. The fraction of sp³-hybridized carbons (Fsp3) is 0.250. The summed E-state index contributed by atoms with van der Waals surface area (Å²) < 4.78 is 13.8. The molecule has 3 aromatic rings. The Kier molecular flexibility index (Phi) is 4.85. The lowest BCUT2D eigenvalue weighted by atomic mass is 10.1. The Morgan fingerprint density at radius 2 is 1.96 bits per heavy atom. The molecule has 2 aromatic heterocycles. The maximum Gasteiger partial charge on any atom is 0.166 e. The van der Waals surface area contributed by atoms with Gasteiger partial charge in [-0.05, 0) is 43.5 Å². The highest BCUT2D eigenvalue weighted by Gasteiger charge is 2.15. The number of aromatic nitrogens is 2. The quantitative estimate of drug-likeness (QED) is 0.671. The molecule has 5 nitrogen and oxygen atoms in total. The van der Waals surface area contributed by atoms with E-state index in [-0.39, 0.29) is 5.56 Å². The van der Waals surface area contributed by atoms with Gasteiger partial charge in [0.1, 0.15) is 10.8 Å². The monoisotopic (exact) mass is 383 g/mol. The number of phenols is 1. The zero-order valence-electron chi connectivity index (χ0n) is 14.6. The van der Waals surface area contributed by atoms with Crippen LogP contribution in [0.25, 0.3) is 21.8 Å². The SMILES string of the molecule is O=Cc1cc(-c2csc(-c3ccc(N4CCCCC4)nc3)n2)cc(F)c1O. The number of hydrogen-bond acceptors (Lipinski definition) is 6. The van der Waals surface area contributed by atoms with E-state index in [1.807, 2.05) is 12.1 Å². The zero-order valence-corrected chi connectivity index (χ0v) is 15.4. The van der Waals surface area contributed by atoms with Crippen molar-refractivity contribution in [3.63, 3.8) is 0 Å². The molecular weight excluding hydrogens is 365 g/mol. The number of nitrogens with zero attached hydrogens (tertiary/aromatic N) is 3. The number of thiazole rings is 1. The summed E-state index contributed by atoms with van der Waals surface area (Å²) in [5.74, 6) is -0.495. The maximum absolute atomic E-state index is 13.8. The van der Waals surface area contributed by atoms with Crippen LogP contribution in [0.2, 0.25) is 0 Å². The number of anilines is 1. The van der Waals surface area contributed by atoms with Gasteiger partial charge in [0.25, 0.3) is 0 Å². The van der Waals surface area contributed by atoms with Gasteiger partial charge in [0.15, 0.2) is 17.9 Å². The van der Waals surface area contributed by atoms with Crippen LogP contribution in [0.3, 0.4) is 0 Å². The molecule has 3 heterocycles. The van der Waals surface area contributed by atoms with Crippen LogP contribution in [0.5, 0.6) is 5.75 Å². The molecule has 1 aliphatic rings. The van der Waals surface area contributed by atoms with E-state index in [1.54, 1.807) is 11.6 Å². The second kappa shape index (κ2) is 7.44. The second-order valence-electron chi connectivity index (χ2n) is 6.50. The molecule has 0 unspecified atom stereocenters. The van der Waals surface area contributed by atoms with Crippen LogP contribution in [0.1, 0.15) is 29.6 Å². The number of rotatable bonds is 4. The summed E-state index contributed by atoms with van der Waals surface area (Å²) in [6.45, 7) is 2.08. The molecule has 1 N–H and O–H groups in total. The Morgan fingerprint density at radius 3 is 2.67 bits per heavy atom. The Hall–Kier alpha value is -2.80. The Labute approximate surface area is 160 Å². The van der Waals surface area contributed by atoms with Crippen LogP contribution in [-0.2, 0) is 0 Å². The van der Waals surface area contributed by atoms with Crippen molar-refractivity contribution in [3.8, 4) is 27.6 Å². The lowest BCUT2D eigenvalue weighted by Crippen LogP contribution is -2.29. The summed E-state index contributed by atoms with van der Waals surface area (Å²) in [4.78, 5) is 22.4. The molecule has 0 amide bonds. The molecule has 138 valence electrons. The first-order valence-electron chi connectivity index (χ1n) is 8.80. The Morgan fingerprint density at radius 1 is 1.15 bits per heavy atom. The van der Waals surface area contributed by atoms with Gasteiger partial charge < -0.3 is 10.0 Å². The topological polar surface area (TPSA) is 66.3 Å². The molecule has 0 atom stereocenters. The molecule has 1 saturated heterocycles. The maximum atomic E-state index is 13.8. The molecule has 1 fully saturated rings. The van der Waals surface area contributed by atoms with E-state index in [2.05, 4.69) is 14.9 Å². The minimum atomic E-state index is -0.836. The number of aldehydes is 1. The van der Waals surface area contributed by atoms with Crippen molar-refractivity contribution >= 4 is 23.4 Å². The molecule has 0 saturated carbocycles.